The summed E-state index contributed by atoms with van der Waals surface area (Å²) in [6, 6.07) is 11.1. The first kappa shape index (κ1) is 21.1. The number of thiophene rings is 1. The SMILES string of the molecule is CCC(CC)(CN)NC(=O)c1cccc(NC(=O)CCCc2cccs2)c1. The monoisotopic (exact) mass is 387 g/mol. The fourth-order valence-electron chi connectivity index (χ4n) is 2.92. The molecule has 0 aliphatic rings. The summed E-state index contributed by atoms with van der Waals surface area (Å²) >= 11 is 1.71. The van der Waals surface area contributed by atoms with Crippen LogP contribution in [-0.2, 0) is 11.2 Å². The maximum Gasteiger partial charge on any atom is 0.251 e. The van der Waals surface area contributed by atoms with E-state index in [1.807, 2.05) is 25.3 Å². The van der Waals surface area contributed by atoms with E-state index in [2.05, 4.69) is 16.7 Å². The van der Waals surface area contributed by atoms with Crippen LogP contribution < -0.4 is 16.4 Å². The Morgan fingerprint density at radius 3 is 2.56 bits per heavy atom. The molecular formula is C21H29N3O2S. The lowest BCUT2D eigenvalue weighted by molar-refractivity contribution is -0.116. The molecule has 0 atom stereocenters. The maximum absolute atomic E-state index is 12.6. The number of amides is 2. The number of nitrogens with one attached hydrogen (secondary N) is 2. The van der Waals surface area contributed by atoms with E-state index in [4.69, 9.17) is 5.73 Å². The highest BCUT2D eigenvalue weighted by molar-refractivity contribution is 7.09. The second-order valence-corrected chi connectivity index (χ2v) is 7.74. The predicted molar refractivity (Wildman–Crippen MR) is 112 cm³/mol. The smallest absolute Gasteiger partial charge is 0.251 e. The van der Waals surface area contributed by atoms with Gasteiger partial charge in [0.1, 0.15) is 0 Å². The average Bonchev–Trinajstić information content (AvgIpc) is 3.20. The van der Waals surface area contributed by atoms with Crippen LogP contribution in [0, 0.1) is 0 Å². The third-order valence-electron chi connectivity index (χ3n) is 4.94. The van der Waals surface area contributed by atoms with Crippen LogP contribution >= 0.6 is 11.3 Å². The number of aryl methyl sites for hydroxylation is 1. The molecule has 0 saturated heterocycles. The molecular weight excluding hydrogens is 358 g/mol. The predicted octanol–water partition coefficient (Wildman–Crippen LogP) is 3.96. The van der Waals surface area contributed by atoms with Gasteiger partial charge in [-0.3, -0.25) is 9.59 Å². The van der Waals surface area contributed by atoms with Crippen LogP contribution in [0.1, 0.15) is 54.8 Å². The van der Waals surface area contributed by atoms with Crippen molar-refractivity contribution in [2.24, 2.45) is 5.73 Å². The van der Waals surface area contributed by atoms with Gasteiger partial charge in [0.15, 0.2) is 0 Å². The van der Waals surface area contributed by atoms with Crippen molar-refractivity contribution in [3.63, 3.8) is 0 Å². The standard InChI is InChI=1S/C21H29N3O2S/c1-3-21(4-2,15-22)24-20(26)16-8-5-9-17(14-16)23-19(25)12-6-10-18-11-7-13-27-18/h5,7-9,11,13-14H,3-4,6,10,12,15,22H2,1-2H3,(H,23,25)(H,24,26). The molecule has 2 aromatic rings. The third-order valence-corrected chi connectivity index (χ3v) is 5.87. The fourth-order valence-corrected chi connectivity index (χ4v) is 3.67. The van der Waals surface area contributed by atoms with Crippen LogP contribution in [-0.4, -0.2) is 23.9 Å². The Balaban J connectivity index is 1.91. The summed E-state index contributed by atoms with van der Waals surface area (Å²) in [6.45, 7) is 4.43. The zero-order valence-electron chi connectivity index (χ0n) is 16.1. The van der Waals surface area contributed by atoms with Gasteiger partial charge in [-0.05, 0) is 55.3 Å². The molecule has 2 amide bonds. The summed E-state index contributed by atoms with van der Waals surface area (Å²) in [4.78, 5) is 26.1. The van der Waals surface area contributed by atoms with E-state index in [-0.39, 0.29) is 11.8 Å². The Bertz CT molecular complexity index is 731. The first-order valence-electron chi connectivity index (χ1n) is 9.47. The minimum atomic E-state index is -0.391. The number of nitrogens with two attached hydrogens (primary N) is 1. The van der Waals surface area contributed by atoms with Crippen molar-refractivity contribution in [2.75, 3.05) is 11.9 Å². The number of hydrogen-bond acceptors (Lipinski definition) is 4. The van der Waals surface area contributed by atoms with E-state index < -0.39 is 5.54 Å². The van der Waals surface area contributed by atoms with Gasteiger partial charge in [0.2, 0.25) is 5.91 Å². The number of benzene rings is 1. The van der Waals surface area contributed by atoms with Gasteiger partial charge in [0, 0.05) is 29.1 Å². The molecule has 0 unspecified atom stereocenters. The van der Waals surface area contributed by atoms with Crippen LogP contribution in [0.2, 0.25) is 0 Å². The molecule has 1 heterocycles. The van der Waals surface area contributed by atoms with Crippen molar-refractivity contribution in [3.05, 3.63) is 52.2 Å². The second kappa shape index (κ2) is 10.2. The molecule has 1 aromatic heterocycles. The molecule has 2 rings (SSSR count). The zero-order valence-corrected chi connectivity index (χ0v) is 16.9. The van der Waals surface area contributed by atoms with E-state index in [9.17, 15) is 9.59 Å². The molecule has 0 fully saturated rings. The lowest BCUT2D eigenvalue weighted by atomic mass is 9.92. The maximum atomic E-state index is 12.6. The van der Waals surface area contributed by atoms with Crippen molar-refractivity contribution in [3.8, 4) is 0 Å². The largest absolute Gasteiger partial charge is 0.345 e. The van der Waals surface area contributed by atoms with Crippen molar-refractivity contribution in [1.82, 2.24) is 5.32 Å². The van der Waals surface area contributed by atoms with E-state index in [0.717, 1.165) is 25.7 Å². The molecule has 0 bridgehead atoms. The minimum Gasteiger partial charge on any atom is -0.345 e. The van der Waals surface area contributed by atoms with Gasteiger partial charge >= 0.3 is 0 Å². The highest BCUT2D eigenvalue weighted by atomic mass is 32.1. The van der Waals surface area contributed by atoms with Crippen LogP contribution in [0.5, 0.6) is 0 Å². The molecule has 0 saturated carbocycles. The Labute approximate surface area is 165 Å². The molecule has 0 aliphatic heterocycles. The summed E-state index contributed by atoms with van der Waals surface area (Å²) < 4.78 is 0. The number of hydrogen-bond donors (Lipinski definition) is 3. The third kappa shape index (κ3) is 6.19. The van der Waals surface area contributed by atoms with Gasteiger partial charge in [0.05, 0.1) is 5.54 Å². The van der Waals surface area contributed by atoms with Crippen molar-refractivity contribution in [2.45, 2.75) is 51.5 Å². The summed E-state index contributed by atoms with van der Waals surface area (Å²) in [6.07, 6.45) is 3.70. The molecule has 1 aromatic carbocycles. The Kier molecular flexibility index (Phi) is 8.00. The number of carbonyl (C=O) groups excluding carboxylic acids is 2. The van der Waals surface area contributed by atoms with Gasteiger partial charge in [-0.25, -0.2) is 0 Å². The molecule has 0 aliphatic carbocycles. The van der Waals surface area contributed by atoms with Crippen LogP contribution in [0.15, 0.2) is 41.8 Å². The lowest BCUT2D eigenvalue weighted by Gasteiger charge is -2.31. The fraction of sp³-hybridized carbons (Fsp3) is 0.429. The van der Waals surface area contributed by atoms with Crippen LogP contribution in [0.4, 0.5) is 5.69 Å². The highest BCUT2D eigenvalue weighted by Gasteiger charge is 2.26. The van der Waals surface area contributed by atoms with Gasteiger partial charge in [0.25, 0.3) is 5.91 Å². The normalized spacial score (nSPS) is 11.2. The van der Waals surface area contributed by atoms with Crippen molar-refractivity contribution >= 4 is 28.8 Å². The zero-order chi connectivity index (χ0) is 19.7. The molecule has 146 valence electrons. The molecule has 27 heavy (non-hydrogen) atoms. The Morgan fingerprint density at radius 2 is 1.93 bits per heavy atom. The van der Waals surface area contributed by atoms with Gasteiger partial charge in [-0.1, -0.05) is 26.0 Å². The lowest BCUT2D eigenvalue weighted by Crippen LogP contribution is -2.52. The van der Waals surface area contributed by atoms with Gasteiger partial charge in [-0.2, -0.15) is 0 Å². The van der Waals surface area contributed by atoms with Gasteiger partial charge in [-0.15, -0.1) is 11.3 Å². The van der Waals surface area contributed by atoms with E-state index >= 15 is 0 Å². The van der Waals surface area contributed by atoms with E-state index in [1.165, 1.54) is 4.88 Å². The van der Waals surface area contributed by atoms with Gasteiger partial charge < -0.3 is 16.4 Å². The average molecular weight is 388 g/mol. The second-order valence-electron chi connectivity index (χ2n) is 6.71. The number of anilines is 1. The Morgan fingerprint density at radius 1 is 1.15 bits per heavy atom. The molecule has 6 heteroatoms. The topological polar surface area (TPSA) is 84.2 Å². The Hall–Kier alpha value is -2.18. The summed E-state index contributed by atoms with van der Waals surface area (Å²) in [5, 5.41) is 7.98. The molecule has 0 spiro atoms. The van der Waals surface area contributed by atoms with Crippen molar-refractivity contribution < 1.29 is 9.59 Å². The highest BCUT2D eigenvalue weighted by Crippen LogP contribution is 2.17. The van der Waals surface area contributed by atoms with E-state index in [0.29, 0.717) is 24.2 Å². The quantitative estimate of drug-likeness (QED) is 0.577. The van der Waals surface area contributed by atoms with Crippen molar-refractivity contribution in [1.29, 1.82) is 0 Å². The van der Waals surface area contributed by atoms with Crippen LogP contribution in [0.3, 0.4) is 0 Å². The molecule has 0 radical (unpaired) electrons. The molecule has 4 N–H and O–H groups in total. The summed E-state index contributed by atoms with van der Waals surface area (Å²) in [5.74, 6) is -0.208. The first-order chi connectivity index (χ1) is 13.0. The summed E-state index contributed by atoms with van der Waals surface area (Å²) in [7, 11) is 0. The number of rotatable bonds is 10. The van der Waals surface area contributed by atoms with E-state index in [1.54, 1.807) is 35.6 Å². The first-order valence-corrected chi connectivity index (χ1v) is 10.3. The van der Waals surface area contributed by atoms with Crippen LogP contribution in [0.25, 0.3) is 0 Å². The molecule has 5 nitrogen and oxygen atoms in total. The minimum absolute atomic E-state index is 0.0393. The summed E-state index contributed by atoms with van der Waals surface area (Å²) in [5.41, 5.74) is 6.62. The number of carbonyl (C=O) groups is 2.